The maximum absolute atomic E-state index is 5.78. The molecule has 3 rings (SSSR count). The Labute approximate surface area is 142 Å². The summed E-state index contributed by atoms with van der Waals surface area (Å²) in [6.45, 7) is 2.26. The van der Waals surface area contributed by atoms with Crippen LogP contribution in [0.4, 0.5) is 0 Å². The van der Waals surface area contributed by atoms with Crippen molar-refractivity contribution in [1.82, 2.24) is 5.32 Å². The third-order valence-electron chi connectivity index (χ3n) is 3.52. The molecule has 0 bridgehead atoms. The van der Waals surface area contributed by atoms with Crippen LogP contribution in [0.5, 0.6) is 17.2 Å². The first kappa shape index (κ1) is 16.1. The Morgan fingerprint density at radius 2 is 1.21 bits per heavy atom. The van der Waals surface area contributed by atoms with E-state index < -0.39 is 0 Å². The van der Waals surface area contributed by atoms with Gasteiger partial charge in [-0.1, -0.05) is 48.5 Å². The normalized spacial score (nSPS) is 10.3. The molecule has 24 heavy (non-hydrogen) atoms. The van der Waals surface area contributed by atoms with Crippen molar-refractivity contribution >= 4 is 0 Å². The summed E-state index contributed by atoms with van der Waals surface area (Å²) in [6, 6.07) is 27.8. The monoisotopic (exact) mass is 319 g/mol. The van der Waals surface area contributed by atoms with E-state index in [-0.39, 0.29) is 0 Å². The molecule has 0 fully saturated rings. The first-order valence-corrected chi connectivity index (χ1v) is 8.10. The Morgan fingerprint density at radius 1 is 0.625 bits per heavy atom. The molecule has 3 nitrogen and oxygen atoms in total. The summed E-state index contributed by atoms with van der Waals surface area (Å²) in [5.41, 5.74) is 1.22. The highest BCUT2D eigenvalue weighted by molar-refractivity contribution is 5.32. The second kappa shape index (κ2) is 8.75. The summed E-state index contributed by atoms with van der Waals surface area (Å²) >= 11 is 0. The van der Waals surface area contributed by atoms with E-state index in [1.54, 1.807) is 0 Å². The quantitative estimate of drug-likeness (QED) is 0.613. The van der Waals surface area contributed by atoms with Gasteiger partial charge in [0.1, 0.15) is 23.9 Å². The number of hydrogen-bond acceptors (Lipinski definition) is 3. The molecular weight excluding hydrogens is 298 g/mol. The zero-order valence-electron chi connectivity index (χ0n) is 13.5. The summed E-state index contributed by atoms with van der Waals surface area (Å²) in [6.07, 6.45) is 0. The van der Waals surface area contributed by atoms with Crippen molar-refractivity contribution in [3.05, 3.63) is 90.5 Å². The highest BCUT2D eigenvalue weighted by atomic mass is 16.5. The van der Waals surface area contributed by atoms with E-state index in [1.807, 2.05) is 72.8 Å². The zero-order valence-corrected chi connectivity index (χ0v) is 13.5. The maximum atomic E-state index is 5.78. The lowest BCUT2D eigenvalue weighted by Crippen LogP contribution is -2.20. The lowest BCUT2D eigenvalue weighted by molar-refractivity contribution is 0.313. The molecule has 0 saturated carbocycles. The van der Waals surface area contributed by atoms with E-state index in [4.69, 9.17) is 9.47 Å². The van der Waals surface area contributed by atoms with Crippen LogP contribution in [-0.4, -0.2) is 13.2 Å². The molecule has 0 atom stereocenters. The predicted octanol–water partition coefficient (Wildman–Crippen LogP) is 4.65. The van der Waals surface area contributed by atoms with Gasteiger partial charge < -0.3 is 14.8 Å². The van der Waals surface area contributed by atoms with E-state index >= 15 is 0 Å². The minimum absolute atomic E-state index is 0.652. The van der Waals surface area contributed by atoms with Gasteiger partial charge in [-0.05, 0) is 42.0 Å². The molecule has 122 valence electrons. The zero-order chi connectivity index (χ0) is 16.5. The van der Waals surface area contributed by atoms with E-state index in [9.17, 15) is 0 Å². The number of benzene rings is 3. The Hall–Kier alpha value is -2.78. The van der Waals surface area contributed by atoms with Gasteiger partial charge in [0.25, 0.3) is 0 Å². The maximum Gasteiger partial charge on any atom is 0.127 e. The van der Waals surface area contributed by atoms with E-state index in [0.29, 0.717) is 6.61 Å². The number of para-hydroxylation sites is 2. The highest BCUT2D eigenvalue weighted by Gasteiger charge is 1.98. The molecule has 0 aliphatic rings. The van der Waals surface area contributed by atoms with E-state index in [1.165, 1.54) is 5.56 Å². The number of hydrogen-bond donors (Lipinski definition) is 1. The summed E-state index contributed by atoms with van der Waals surface area (Å²) in [5.74, 6) is 2.60. The Bertz CT molecular complexity index is 712. The lowest BCUT2D eigenvalue weighted by Gasteiger charge is -2.09. The Morgan fingerprint density at radius 3 is 1.88 bits per heavy atom. The molecule has 3 aromatic carbocycles. The summed E-state index contributed by atoms with van der Waals surface area (Å²) in [4.78, 5) is 0. The molecule has 0 heterocycles. The fourth-order valence-electron chi connectivity index (χ4n) is 2.29. The van der Waals surface area contributed by atoms with Crippen LogP contribution in [-0.2, 0) is 6.54 Å². The predicted molar refractivity (Wildman–Crippen MR) is 96.6 cm³/mol. The van der Waals surface area contributed by atoms with Gasteiger partial charge in [-0.25, -0.2) is 0 Å². The van der Waals surface area contributed by atoms with Crippen molar-refractivity contribution in [3.8, 4) is 17.2 Å². The van der Waals surface area contributed by atoms with Crippen molar-refractivity contribution in [2.45, 2.75) is 6.54 Å². The third kappa shape index (κ3) is 5.14. The smallest absolute Gasteiger partial charge is 0.127 e. The van der Waals surface area contributed by atoms with Gasteiger partial charge in [0, 0.05) is 13.1 Å². The van der Waals surface area contributed by atoms with Gasteiger partial charge in [0.2, 0.25) is 0 Å². The summed E-state index contributed by atoms with van der Waals surface area (Å²) < 4.78 is 11.4. The molecule has 0 radical (unpaired) electrons. The fraction of sp³-hybridized carbons (Fsp3) is 0.143. The minimum Gasteiger partial charge on any atom is -0.492 e. The van der Waals surface area contributed by atoms with Gasteiger partial charge in [0.15, 0.2) is 0 Å². The Kier molecular flexibility index (Phi) is 5.87. The third-order valence-corrected chi connectivity index (χ3v) is 3.52. The van der Waals surface area contributed by atoms with E-state index in [2.05, 4.69) is 17.4 Å². The molecule has 0 spiro atoms. The van der Waals surface area contributed by atoms with Gasteiger partial charge in [-0.3, -0.25) is 0 Å². The lowest BCUT2D eigenvalue weighted by atomic mass is 10.2. The summed E-state index contributed by atoms with van der Waals surface area (Å²) in [7, 11) is 0. The van der Waals surface area contributed by atoms with Crippen LogP contribution in [0, 0.1) is 0 Å². The SMILES string of the molecule is c1ccc(OCCNCc2ccc(Oc3ccccc3)cc2)cc1. The first-order valence-electron chi connectivity index (χ1n) is 8.10. The minimum atomic E-state index is 0.652. The average Bonchev–Trinajstić information content (AvgIpc) is 2.65. The second-order valence-electron chi connectivity index (χ2n) is 5.40. The number of ether oxygens (including phenoxy) is 2. The highest BCUT2D eigenvalue weighted by Crippen LogP contribution is 2.21. The van der Waals surface area contributed by atoms with Gasteiger partial charge >= 0.3 is 0 Å². The summed E-state index contributed by atoms with van der Waals surface area (Å²) in [5, 5.41) is 3.38. The van der Waals surface area contributed by atoms with Crippen LogP contribution >= 0.6 is 0 Å². The molecule has 0 aliphatic heterocycles. The molecule has 0 unspecified atom stereocenters. The van der Waals surface area contributed by atoms with Crippen molar-refractivity contribution in [3.63, 3.8) is 0 Å². The van der Waals surface area contributed by atoms with Gasteiger partial charge in [-0.2, -0.15) is 0 Å². The topological polar surface area (TPSA) is 30.5 Å². The number of rotatable bonds is 8. The Balaban J connectivity index is 1.38. The molecule has 0 aromatic heterocycles. The average molecular weight is 319 g/mol. The van der Waals surface area contributed by atoms with Crippen LogP contribution in [0.15, 0.2) is 84.9 Å². The standard InChI is InChI=1S/C21H21NO2/c1-3-7-19(8-4-1)23-16-15-22-17-18-11-13-21(14-12-18)24-20-9-5-2-6-10-20/h1-14,22H,15-17H2. The molecule has 0 amide bonds. The molecule has 3 heteroatoms. The molecule has 3 aromatic rings. The largest absolute Gasteiger partial charge is 0.492 e. The van der Waals surface area contributed by atoms with Gasteiger partial charge in [0.05, 0.1) is 0 Å². The van der Waals surface area contributed by atoms with Crippen LogP contribution in [0.3, 0.4) is 0 Å². The van der Waals surface area contributed by atoms with Crippen molar-refractivity contribution in [2.75, 3.05) is 13.2 Å². The van der Waals surface area contributed by atoms with Crippen molar-refractivity contribution < 1.29 is 9.47 Å². The van der Waals surface area contributed by atoms with Crippen LogP contribution in [0.25, 0.3) is 0 Å². The van der Waals surface area contributed by atoms with Crippen molar-refractivity contribution in [2.24, 2.45) is 0 Å². The van der Waals surface area contributed by atoms with Crippen LogP contribution in [0.2, 0.25) is 0 Å². The molecule has 1 N–H and O–H groups in total. The van der Waals surface area contributed by atoms with Crippen LogP contribution in [0.1, 0.15) is 5.56 Å². The molecule has 0 aliphatic carbocycles. The van der Waals surface area contributed by atoms with Gasteiger partial charge in [-0.15, -0.1) is 0 Å². The molecular formula is C21H21NO2. The van der Waals surface area contributed by atoms with Crippen LogP contribution < -0.4 is 14.8 Å². The van der Waals surface area contributed by atoms with Crippen molar-refractivity contribution in [1.29, 1.82) is 0 Å². The fourth-order valence-corrected chi connectivity index (χ4v) is 2.29. The first-order chi connectivity index (χ1) is 11.9. The molecule has 0 saturated heterocycles. The number of nitrogens with one attached hydrogen (secondary N) is 1. The van der Waals surface area contributed by atoms with E-state index in [0.717, 1.165) is 30.3 Å². The second-order valence-corrected chi connectivity index (χ2v) is 5.40.